The summed E-state index contributed by atoms with van der Waals surface area (Å²) >= 11 is 0. The fourth-order valence-electron chi connectivity index (χ4n) is 2.76. The van der Waals surface area contributed by atoms with Crippen LogP contribution in [0.1, 0.15) is 32.6 Å². The fraction of sp³-hybridized carbons (Fsp3) is 1.00. The number of aliphatic hydroxyl groups excluding tert-OH is 1. The summed E-state index contributed by atoms with van der Waals surface area (Å²) in [5.74, 6) is 0.736. The number of rotatable bonds is 3. The molecule has 2 fully saturated rings. The standard InChI is InChI=1S/C12H24N2O3S/c1-11-4-7-13(8-5-11)18(16,17)14-6-2-3-12(9-14)10-15/h11-12,15H,2-10H2,1H3. The van der Waals surface area contributed by atoms with Gasteiger partial charge in [0.1, 0.15) is 0 Å². The molecule has 0 aromatic rings. The van der Waals surface area contributed by atoms with E-state index in [1.807, 2.05) is 0 Å². The second-order valence-corrected chi connectivity index (χ2v) is 7.57. The molecule has 0 aromatic heterocycles. The minimum absolute atomic E-state index is 0.0864. The third-order valence-corrected chi connectivity index (χ3v) is 6.14. The van der Waals surface area contributed by atoms with E-state index in [4.69, 9.17) is 0 Å². The molecule has 2 heterocycles. The van der Waals surface area contributed by atoms with Crippen LogP contribution in [0.2, 0.25) is 0 Å². The van der Waals surface area contributed by atoms with E-state index in [1.54, 1.807) is 8.61 Å². The van der Waals surface area contributed by atoms with E-state index in [0.29, 0.717) is 32.1 Å². The van der Waals surface area contributed by atoms with Crippen LogP contribution in [-0.2, 0) is 10.2 Å². The maximum Gasteiger partial charge on any atom is 0.281 e. The van der Waals surface area contributed by atoms with Gasteiger partial charge in [-0.3, -0.25) is 0 Å². The predicted molar refractivity (Wildman–Crippen MR) is 70.3 cm³/mol. The summed E-state index contributed by atoms with van der Waals surface area (Å²) in [4.78, 5) is 0. The molecule has 0 amide bonds. The molecule has 1 atom stereocenters. The van der Waals surface area contributed by atoms with Gasteiger partial charge in [0, 0.05) is 32.8 Å². The highest BCUT2D eigenvalue weighted by molar-refractivity contribution is 7.86. The van der Waals surface area contributed by atoms with Crippen molar-refractivity contribution >= 4 is 10.2 Å². The van der Waals surface area contributed by atoms with Gasteiger partial charge in [0.05, 0.1) is 0 Å². The van der Waals surface area contributed by atoms with Gasteiger partial charge in [-0.25, -0.2) is 0 Å². The number of piperidine rings is 2. The molecule has 0 bridgehead atoms. The van der Waals surface area contributed by atoms with Crippen molar-refractivity contribution in [3.63, 3.8) is 0 Å². The van der Waals surface area contributed by atoms with Crippen LogP contribution in [-0.4, -0.2) is 54.9 Å². The van der Waals surface area contributed by atoms with Crippen LogP contribution in [0.15, 0.2) is 0 Å². The third kappa shape index (κ3) is 3.04. The van der Waals surface area contributed by atoms with Crippen molar-refractivity contribution in [2.45, 2.75) is 32.6 Å². The molecule has 0 spiro atoms. The number of hydrogen-bond acceptors (Lipinski definition) is 3. The maximum absolute atomic E-state index is 12.5. The number of aliphatic hydroxyl groups is 1. The lowest BCUT2D eigenvalue weighted by Gasteiger charge is -2.37. The second kappa shape index (κ2) is 5.86. The van der Waals surface area contributed by atoms with Crippen molar-refractivity contribution in [3.8, 4) is 0 Å². The summed E-state index contributed by atoms with van der Waals surface area (Å²) in [6.07, 6.45) is 3.70. The van der Waals surface area contributed by atoms with Gasteiger partial charge in [-0.05, 0) is 37.5 Å². The van der Waals surface area contributed by atoms with Gasteiger partial charge in [0.15, 0.2) is 0 Å². The molecular formula is C12H24N2O3S. The van der Waals surface area contributed by atoms with Gasteiger partial charge in [-0.15, -0.1) is 0 Å². The molecule has 1 unspecified atom stereocenters. The first-order chi connectivity index (χ1) is 8.54. The van der Waals surface area contributed by atoms with Gasteiger partial charge < -0.3 is 5.11 Å². The van der Waals surface area contributed by atoms with Gasteiger partial charge in [-0.2, -0.15) is 17.0 Å². The lowest BCUT2D eigenvalue weighted by molar-refractivity contribution is 0.158. The predicted octanol–water partition coefficient (Wildman–Crippen LogP) is 0.667. The summed E-state index contributed by atoms with van der Waals surface area (Å²) < 4.78 is 28.1. The SMILES string of the molecule is CC1CCN(S(=O)(=O)N2CCCC(CO)C2)CC1. The average Bonchev–Trinajstić information content (AvgIpc) is 2.39. The molecule has 0 aliphatic carbocycles. The largest absolute Gasteiger partial charge is 0.396 e. The Morgan fingerprint density at radius 2 is 1.78 bits per heavy atom. The minimum Gasteiger partial charge on any atom is -0.396 e. The molecule has 6 heteroatoms. The molecule has 0 radical (unpaired) electrons. The first kappa shape index (κ1) is 14.2. The molecule has 2 saturated heterocycles. The maximum atomic E-state index is 12.5. The number of nitrogens with zero attached hydrogens (tertiary/aromatic N) is 2. The zero-order valence-corrected chi connectivity index (χ0v) is 11.9. The highest BCUT2D eigenvalue weighted by Gasteiger charge is 2.34. The molecule has 2 rings (SSSR count). The highest BCUT2D eigenvalue weighted by atomic mass is 32.2. The summed E-state index contributed by atoms with van der Waals surface area (Å²) in [6, 6.07) is 0. The number of hydrogen-bond donors (Lipinski definition) is 1. The minimum atomic E-state index is -3.30. The molecule has 0 saturated carbocycles. The smallest absolute Gasteiger partial charge is 0.281 e. The molecule has 0 aromatic carbocycles. The fourth-order valence-corrected chi connectivity index (χ4v) is 4.52. The van der Waals surface area contributed by atoms with Gasteiger partial charge in [-0.1, -0.05) is 6.92 Å². The Kier molecular flexibility index (Phi) is 4.64. The molecular weight excluding hydrogens is 252 g/mol. The Balaban J connectivity index is 2.01. The van der Waals surface area contributed by atoms with Crippen LogP contribution in [0.4, 0.5) is 0 Å². The van der Waals surface area contributed by atoms with E-state index in [1.165, 1.54) is 0 Å². The molecule has 2 aliphatic rings. The lowest BCUT2D eigenvalue weighted by Crippen LogP contribution is -2.50. The Bertz CT molecular complexity index is 364. The van der Waals surface area contributed by atoms with Crippen LogP contribution >= 0.6 is 0 Å². The quantitative estimate of drug-likeness (QED) is 0.824. The molecule has 18 heavy (non-hydrogen) atoms. The molecule has 2 aliphatic heterocycles. The second-order valence-electron chi connectivity index (χ2n) is 5.64. The normalized spacial score (nSPS) is 29.6. The van der Waals surface area contributed by atoms with E-state index in [0.717, 1.165) is 25.7 Å². The van der Waals surface area contributed by atoms with E-state index in [2.05, 4.69) is 6.92 Å². The topological polar surface area (TPSA) is 60.9 Å². The Morgan fingerprint density at radius 3 is 2.39 bits per heavy atom. The molecule has 1 N–H and O–H groups in total. The van der Waals surface area contributed by atoms with Crippen molar-refractivity contribution in [1.82, 2.24) is 8.61 Å². The van der Waals surface area contributed by atoms with E-state index >= 15 is 0 Å². The van der Waals surface area contributed by atoms with E-state index in [-0.39, 0.29) is 12.5 Å². The van der Waals surface area contributed by atoms with Gasteiger partial charge in [0.25, 0.3) is 10.2 Å². The molecule has 106 valence electrons. The third-order valence-electron chi connectivity index (χ3n) is 4.14. The Morgan fingerprint density at radius 1 is 1.11 bits per heavy atom. The molecule has 5 nitrogen and oxygen atoms in total. The summed E-state index contributed by atoms with van der Waals surface area (Å²) in [5.41, 5.74) is 0. The Hall–Kier alpha value is -0.170. The van der Waals surface area contributed by atoms with Crippen LogP contribution in [0.3, 0.4) is 0 Å². The first-order valence-corrected chi connectivity index (χ1v) is 8.30. The monoisotopic (exact) mass is 276 g/mol. The summed E-state index contributed by atoms with van der Waals surface area (Å²) in [7, 11) is -3.30. The van der Waals surface area contributed by atoms with Gasteiger partial charge >= 0.3 is 0 Å². The van der Waals surface area contributed by atoms with Crippen molar-refractivity contribution in [3.05, 3.63) is 0 Å². The van der Waals surface area contributed by atoms with Gasteiger partial charge in [0.2, 0.25) is 0 Å². The van der Waals surface area contributed by atoms with Crippen molar-refractivity contribution in [1.29, 1.82) is 0 Å². The average molecular weight is 276 g/mol. The van der Waals surface area contributed by atoms with Crippen molar-refractivity contribution in [2.75, 3.05) is 32.8 Å². The summed E-state index contributed by atoms with van der Waals surface area (Å²) in [5, 5.41) is 9.18. The van der Waals surface area contributed by atoms with Crippen LogP contribution in [0, 0.1) is 11.8 Å². The van der Waals surface area contributed by atoms with Crippen LogP contribution in [0.5, 0.6) is 0 Å². The highest BCUT2D eigenvalue weighted by Crippen LogP contribution is 2.24. The van der Waals surface area contributed by atoms with Crippen molar-refractivity contribution < 1.29 is 13.5 Å². The lowest BCUT2D eigenvalue weighted by atomic mass is 10.0. The first-order valence-electron chi connectivity index (χ1n) is 6.90. The van der Waals surface area contributed by atoms with Crippen LogP contribution < -0.4 is 0 Å². The zero-order valence-electron chi connectivity index (χ0n) is 11.1. The zero-order chi connectivity index (χ0) is 13.2. The Labute approximate surface area is 110 Å². The van der Waals surface area contributed by atoms with Crippen molar-refractivity contribution in [2.24, 2.45) is 11.8 Å². The van der Waals surface area contributed by atoms with E-state index in [9.17, 15) is 13.5 Å². The summed E-state index contributed by atoms with van der Waals surface area (Å²) in [6.45, 7) is 4.62. The van der Waals surface area contributed by atoms with Crippen LogP contribution in [0.25, 0.3) is 0 Å². The van der Waals surface area contributed by atoms with E-state index < -0.39 is 10.2 Å².